The highest BCUT2D eigenvalue weighted by molar-refractivity contribution is 7.80. The standard InChI is InChI=1S/C13H16O3S/c1-2-15-13(14)8-16-11-6-7-12(17)10-5-3-4-9(10)11/h6-7,17H,2-5,8H2,1H3. The normalized spacial score (nSPS) is 13.3. The molecule has 1 aromatic carbocycles. The molecular formula is C13H16O3S. The van der Waals surface area contributed by atoms with Gasteiger partial charge in [0, 0.05) is 4.90 Å². The number of carbonyl (C=O) groups is 1. The van der Waals surface area contributed by atoms with Crippen LogP contribution in [0, 0.1) is 0 Å². The Morgan fingerprint density at radius 3 is 2.88 bits per heavy atom. The third-order valence-electron chi connectivity index (χ3n) is 2.87. The molecule has 92 valence electrons. The molecule has 1 aromatic rings. The van der Waals surface area contributed by atoms with Crippen LogP contribution >= 0.6 is 12.6 Å². The minimum absolute atomic E-state index is 0.0216. The van der Waals surface area contributed by atoms with E-state index in [1.165, 1.54) is 11.1 Å². The van der Waals surface area contributed by atoms with Gasteiger partial charge in [-0.2, -0.15) is 0 Å². The van der Waals surface area contributed by atoms with Gasteiger partial charge >= 0.3 is 5.97 Å². The Morgan fingerprint density at radius 2 is 2.12 bits per heavy atom. The van der Waals surface area contributed by atoms with Gasteiger partial charge in [0.1, 0.15) is 5.75 Å². The predicted molar refractivity (Wildman–Crippen MR) is 67.8 cm³/mol. The first-order chi connectivity index (χ1) is 8.22. The predicted octanol–water partition coefficient (Wildman–Crippen LogP) is 2.41. The highest BCUT2D eigenvalue weighted by atomic mass is 32.1. The molecule has 2 rings (SSSR count). The Hall–Kier alpha value is -1.16. The number of benzene rings is 1. The van der Waals surface area contributed by atoms with Gasteiger partial charge in [-0.1, -0.05) is 0 Å². The molecule has 0 aliphatic heterocycles. The molecule has 0 aromatic heterocycles. The number of rotatable bonds is 4. The van der Waals surface area contributed by atoms with Crippen molar-refractivity contribution in [2.45, 2.75) is 31.1 Å². The van der Waals surface area contributed by atoms with Crippen molar-refractivity contribution in [3.63, 3.8) is 0 Å². The van der Waals surface area contributed by atoms with Crippen molar-refractivity contribution < 1.29 is 14.3 Å². The summed E-state index contributed by atoms with van der Waals surface area (Å²) >= 11 is 4.43. The second-order valence-electron chi connectivity index (χ2n) is 3.99. The molecule has 0 amide bonds. The van der Waals surface area contributed by atoms with Crippen molar-refractivity contribution in [1.29, 1.82) is 0 Å². The van der Waals surface area contributed by atoms with E-state index in [0.29, 0.717) is 6.61 Å². The molecule has 0 heterocycles. The average molecular weight is 252 g/mol. The Morgan fingerprint density at radius 1 is 1.35 bits per heavy atom. The average Bonchev–Trinajstić information content (AvgIpc) is 2.78. The molecule has 3 nitrogen and oxygen atoms in total. The minimum atomic E-state index is -0.325. The number of ether oxygens (including phenoxy) is 2. The van der Waals surface area contributed by atoms with Crippen molar-refractivity contribution in [2.75, 3.05) is 13.2 Å². The Balaban J connectivity index is 2.07. The number of carbonyl (C=O) groups excluding carboxylic acids is 1. The Labute approximate surface area is 107 Å². The van der Waals surface area contributed by atoms with Gasteiger partial charge in [-0.15, -0.1) is 12.6 Å². The van der Waals surface area contributed by atoms with E-state index < -0.39 is 0 Å². The fraction of sp³-hybridized carbons (Fsp3) is 0.462. The van der Waals surface area contributed by atoms with Crippen LogP contribution in [0.2, 0.25) is 0 Å². The van der Waals surface area contributed by atoms with Gasteiger partial charge in [0.05, 0.1) is 6.61 Å². The molecule has 0 saturated carbocycles. The lowest BCUT2D eigenvalue weighted by Gasteiger charge is -2.11. The van der Waals surface area contributed by atoms with Crippen LogP contribution in [0.15, 0.2) is 17.0 Å². The Bertz CT molecular complexity index is 429. The maximum Gasteiger partial charge on any atom is 0.344 e. The van der Waals surface area contributed by atoms with E-state index >= 15 is 0 Å². The third kappa shape index (κ3) is 2.75. The molecule has 0 radical (unpaired) electrons. The fourth-order valence-electron chi connectivity index (χ4n) is 2.13. The number of fused-ring (bicyclic) bond motifs is 1. The van der Waals surface area contributed by atoms with Gasteiger partial charge in [-0.3, -0.25) is 0 Å². The van der Waals surface area contributed by atoms with Gasteiger partial charge in [0.2, 0.25) is 0 Å². The van der Waals surface area contributed by atoms with Gasteiger partial charge in [-0.05, 0) is 49.4 Å². The lowest BCUT2D eigenvalue weighted by Crippen LogP contribution is -2.15. The summed E-state index contributed by atoms with van der Waals surface area (Å²) in [6, 6.07) is 3.81. The molecule has 1 aliphatic carbocycles. The van der Waals surface area contributed by atoms with Gasteiger partial charge < -0.3 is 9.47 Å². The van der Waals surface area contributed by atoms with Crippen molar-refractivity contribution in [3.05, 3.63) is 23.3 Å². The van der Waals surface area contributed by atoms with Crippen molar-refractivity contribution in [2.24, 2.45) is 0 Å². The highest BCUT2D eigenvalue weighted by Gasteiger charge is 2.18. The van der Waals surface area contributed by atoms with E-state index in [2.05, 4.69) is 12.6 Å². The Kier molecular flexibility index (Phi) is 3.94. The third-order valence-corrected chi connectivity index (χ3v) is 3.29. The summed E-state index contributed by atoms with van der Waals surface area (Å²) in [5.74, 6) is 0.470. The molecular weight excluding hydrogens is 236 g/mol. The van der Waals surface area contributed by atoms with E-state index in [1.807, 2.05) is 12.1 Å². The monoisotopic (exact) mass is 252 g/mol. The largest absolute Gasteiger partial charge is 0.482 e. The number of hydrogen-bond donors (Lipinski definition) is 1. The smallest absolute Gasteiger partial charge is 0.344 e. The molecule has 0 N–H and O–H groups in total. The van der Waals surface area contributed by atoms with Crippen LogP contribution in [0.3, 0.4) is 0 Å². The molecule has 0 bridgehead atoms. The number of thiol groups is 1. The SMILES string of the molecule is CCOC(=O)COc1ccc(S)c2c1CCC2. The van der Waals surface area contributed by atoms with Gasteiger partial charge in [0.25, 0.3) is 0 Å². The second-order valence-corrected chi connectivity index (χ2v) is 4.47. The minimum Gasteiger partial charge on any atom is -0.482 e. The van der Waals surface area contributed by atoms with Crippen LogP contribution in [0.25, 0.3) is 0 Å². The number of hydrogen-bond acceptors (Lipinski definition) is 4. The first-order valence-electron chi connectivity index (χ1n) is 5.84. The summed E-state index contributed by atoms with van der Waals surface area (Å²) in [5, 5.41) is 0. The highest BCUT2D eigenvalue weighted by Crippen LogP contribution is 2.34. The number of esters is 1. The lowest BCUT2D eigenvalue weighted by atomic mass is 10.1. The molecule has 4 heteroatoms. The quantitative estimate of drug-likeness (QED) is 0.660. The van der Waals surface area contributed by atoms with Gasteiger partial charge in [0.15, 0.2) is 6.61 Å². The van der Waals surface area contributed by atoms with E-state index in [1.54, 1.807) is 6.92 Å². The van der Waals surface area contributed by atoms with E-state index in [-0.39, 0.29) is 12.6 Å². The van der Waals surface area contributed by atoms with Crippen LogP contribution in [0.4, 0.5) is 0 Å². The van der Waals surface area contributed by atoms with Crippen LogP contribution in [0.1, 0.15) is 24.5 Å². The van der Waals surface area contributed by atoms with Crippen molar-refractivity contribution in [1.82, 2.24) is 0 Å². The van der Waals surface area contributed by atoms with Crippen LogP contribution < -0.4 is 4.74 Å². The van der Waals surface area contributed by atoms with Crippen LogP contribution in [-0.4, -0.2) is 19.2 Å². The summed E-state index contributed by atoms with van der Waals surface area (Å²) in [7, 11) is 0. The molecule has 0 fully saturated rings. The fourth-order valence-corrected chi connectivity index (χ4v) is 2.45. The van der Waals surface area contributed by atoms with E-state index in [0.717, 1.165) is 29.9 Å². The zero-order valence-corrected chi connectivity index (χ0v) is 10.8. The summed E-state index contributed by atoms with van der Waals surface area (Å²) in [6.45, 7) is 2.15. The van der Waals surface area contributed by atoms with Crippen LogP contribution in [0.5, 0.6) is 5.75 Å². The summed E-state index contributed by atoms with van der Waals surface area (Å²) in [5.41, 5.74) is 2.46. The van der Waals surface area contributed by atoms with Gasteiger partial charge in [-0.25, -0.2) is 4.79 Å². The molecule has 0 spiro atoms. The summed E-state index contributed by atoms with van der Waals surface area (Å²) in [4.78, 5) is 12.2. The molecule has 1 aliphatic rings. The first kappa shape index (κ1) is 12.3. The lowest BCUT2D eigenvalue weighted by molar-refractivity contribution is -0.145. The second kappa shape index (κ2) is 5.45. The van der Waals surface area contributed by atoms with Crippen molar-refractivity contribution in [3.8, 4) is 5.75 Å². The maximum atomic E-state index is 11.2. The summed E-state index contributed by atoms with van der Waals surface area (Å²) in [6.07, 6.45) is 3.18. The van der Waals surface area contributed by atoms with Crippen molar-refractivity contribution >= 4 is 18.6 Å². The molecule has 0 saturated heterocycles. The topological polar surface area (TPSA) is 35.5 Å². The zero-order chi connectivity index (χ0) is 12.3. The molecule has 0 unspecified atom stereocenters. The zero-order valence-electron chi connectivity index (χ0n) is 9.86. The van der Waals surface area contributed by atoms with E-state index in [4.69, 9.17) is 9.47 Å². The molecule has 17 heavy (non-hydrogen) atoms. The summed E-state index contributed by atoms with van der Waals surface area (Å²) < 4.78 is 10.3. The van der Waals surface area contributed by atoms with E-state index in [9.17, 15) is 4.79 Å². The van der Waals surface area contributed by atoms with Crippen LogP contribution in [-0.2, 0) is 22.4 Å². The maximum absolute atomic E-state index is 11.2. The first-order valence-corrected chi connectivity index (χ1v) is 6.29. The molecule has 0 atom stereocenters.